The number of ether oxygens (including phenoxy) is 2. The highest BCUT2D eigenvalue weighted by Crippen LogP contribution is 2.45. The van der Waals surface area contributed by atoms with Crippen LogP contribution in [0.25, 0.3) is 0 Å². The Labute approximate surface area is 180 Å². The lowest BCUT2D eigenvalue weighted by Gasteiger charge is -2.30. The van der Waals surface area contributed by atoms with Gasteiger partial charge in [-0.3, -0.25) is 4.79 Å². The minimum Gasteiger partial charge on any atom is -0.469 e. The number of sulfone groups is 1. The van der Waals surface area contributed by atoms with E-state index in [0.717, 1.165) is 31.9 Å². The van der Waals surface area contributed by atoms with Gasteiger partial charge in [0.05, 0.1) is 24.3 Å². The van der Waals surface area contributed by atoms with Gasteiger partial charge in [-0.25, -0.2) is 8.42 Å². The normalized spacial score (nSPS) is 17.4. The van der Waals surface area contributed by atoms with Crippen LogP contribution in [0.15, 0.2) is 29.2 Å². The van der Waals surface area contributed by atoms with Gasteiger partial charge in [0.25, 0.3) is 0 Å². The first-order chi connectivity index (χ1) is 14.3. The smallest absolute Gasteiger partial charge is 0.309 e. The zero-order chi connectivity index (χ0) is 21.5. The van der Waals surface area contributed by atoms with Crippen molar-refractivity contribution in [1.29, 1.82) is 0 Å². The Kier molecular flexibility index (Phi) is 5.65. The molecular weight excluding hydrogens is 428 g/mol. The van der Waals surface area contributed by atoms with Gasteiger partial charge >= 0.3 is 5.97 Å². The molecule has 9 heteroatoms. The third-order valence-corrected chi connectivity index (χ3v) is 7.29. The van der Waals surface area contributed by atoms with Gasteiger partial charge in [0.1, 0.15) is 16.4 Å². The lowest BCUT2D eigenvalue weighted by Crippen LogP contribution is -2.43. The highest BCUT2D eigenvalue weighted by Gasteiger charge is 2.31. The van der Waals surface area contributed by atoms with Gasteiger partial charge in [0.15, 0.2) is 9.84 Å². The van der Waals surface area contributed by atoms with Gasteiger partial charge < -0.3 is 19.7 Å². The van der Waals surface area contributed by atoms with Crippen molar-refractivity contribution < 1.29 is 22.7 Å². The van der Waals surface area contributed by atoms with Crippen LogP contribution in [-0.4, -0.2) is 47.7 Å². The summed E-state index contributed by atoms with van der Waals surface area (Å²) in [4.78, 5) is 13.9. The molecule has 1 fully saturated rings. The van der Waals surface area contributed by atoms with Crippen molar-refractivity contribution in [3.8, 4) is 11.5 Å². The predicted octanol–water partition coefficient (Wildman–Crippen LogP) is 2.85. The lowest BCUT2D eigenvalue weighted by molar-refractivity contribution is -0.139. The predicted molar refractivity (Wildman–Crippen MR) is 114 cm³/mol. The fraction of sp³-hybridized carbons (Fsp3) is 0.381. The number of hydrogen-bond donors (Lipinski definition) is 1. The molecule has 0 unspecified atom stereocenters. The minimum atomic E-state index is -3.71. The van der Waals surface area contributed by atoms with Crippen LogP contribution in [0.1, 0.15) is 16.7 Å². The molecular formula is C21H23ClN2O5S. The zero-order valence-corrected chi connectivity index (χ0v) is 18.4. The largest absolute Gasteiger partial charge is 0.469 e. The number of methoxy groups -OCH3 is 1. The van der Waals surface area contributed by atoms with E-state index in [1.807, 2.05) is 12.1 Å². The fourth-order valence-corrected chi connectivity index (χ4v) is 5.73. The maximum atomic E-state index is 13.3. The second-order valence-corrected chi connectivity index (χ2v) is 9.87. The van der Waals surface area contributed by atoms with Gasteiger partial charge in [-0.05, 0) is 36.2 Å². The molecule has 1 N–H and O–H groups in total. The van der Waals surface area contributed by atoms with E-state index in [1.165, 1.54) is 13.2 Å². The molecule has 2 aliphatic rings. The average molecular weight is 451 g/mol. The number of aryl methyl sites for hydroxylation is 1. The monoisotopic (exact) mass is 450 g/mol. The van der Waals surface area contributed by atoms with Crippen molar-refractivity contribution in [2.24, 2.45) is 0 Å². The summed E-state index contributed by atoms with van der Waals surface area (Å²) < 4.78 is 37.3. The van der Waals surface area contributed by atoms with Crippen molar-refractivity contribution in [3.63, 3.8) is 0 Å². The maximum absolute atomic E-state index is 13.3. The van der Waals surface area contributed by atoms with Crippen LogP contribution < -0.4 is 15.0 Å². The van der Waals surface area contributed by atoms with E-state index < -0.39 is 15.8 Å². The molecule has 0 atom stereocenters. The van der Waals surface area contributed by atoms with Gasteiger partial charge in [0.2, 0.25) is 0 Å². The maximum Gasteiger partial charge on any atom is 0.309 e. The molecule has 2 aliphatic heterocycles. The molecule has 0 bridgehead atoms. The molecule has 4 rings (SSSR count). The van der Waals surface area contributed by atoms with Gasteiger partial charge in [-0.2, -0.15) is 0 Å². The molecule has 0 aromatic heterocycles. The van der Waals surface area contributed by atoms with Gasteiger partial charge in [-0.15, -0.1) is 0 Å². The molecule has 0 aliphatic carbocycles. The number of piperazine rings is 1. The third kappa shape index (κ3) is 3.99. The molecule has 2 heterocycles. The van der Waals surface area contributed by atoms with E-state index in [4.69, 9.17) is 21.1 Å². The average Bonchev–Trinajstić information content (AvgIpc) is 2.82. The summed E-state index contributed by atoms with van der Waals surface area (Å²) in [6.45, 7) is 5.11. The number of anilines is 1. The van der Waals surface area contributed by atoms with E-state index in [9.17, 15) is 13.2 Å². The minimum absolute atomic E-state index is 0.0129. The molecule has 0 spiro atoms. The highest BCUT2D eigenvalue weighted by atomic mass is 35.5. The first kappa shape index (κ1) is 21.0. The second kappa shape index (κ2) is 8.09. The number of halogens is 1. The lowest BCUT2D eigenvalue weighted by atomic mass is 10.1. The molecule has 1 saturated heterocycles. The zero-order valence-electron chi connectivity index (χ0n) is 16.8. The third-order valence-electron chi connectivity index (χ3n) is 5.35. The topological polar surface area (TPSA) is 84.9 Å². The van der Waals surface area contributed by atoms with Crippen LogP contribution in [0, 0.1) is 6.92 Å². The summed E-state index contributed by atoms with van der Waals surface area (Å²) in [7, 11) is -2.41. The summed E-state index contributed by atoms with van der Waals surface area (Å²) in [6.07, 6.45) is -0.0129. The Balaban J connectivity index is 1.78. The number of carbonyl (C=O) groups is 1. The second-order valence-electron chi connectivity index (χ2n) is 7.51. The van der Waals surface area contributed by atoms with Crippen LogP contribution in [0.5, 0.6) is 11.5 Å². The molecule has 0 amide bonds. The number of rotatable bonds is 3. The van der Waals surface area contributed by atoms with E-state index in [0.29, 0.717) is 27.5 Å². The number of fused-ring (bicyclic) bond motifs is 2. The van der Waals surface area contributed by atoms with Crippen molar-refractivity contribution >= 4 is 33.1 Å². The van der Waals surface area contributed by atoms with E-state index in [-0.39, 0.29) is 22.8 Å². The van der Waals surface area contributed by atoms with E-state index >= 15 is 0 Å². The number of carbonyl (C=O) groups excluding carboxylic acids is 1. The highest BCUT2D eigenvalue weighted by molar-refractivity contribution is 7.90. The summed E-state index contributed by atoms with van der Waals surface area (Å²) in [6, 6.07) is 6.90. The van der Waals surface area contributed by atoms with E-state index in [1.54, 1.807) is 13.0 Å². The van der Waals surface area contributed by atoms with Crippen LogP contribution >= 0.6 is 11.6 Å². The van der Waals surface area contributed by atoms with Crippen LogP contribution in [0.3, 0.4) is 0 Å². The Morgan fingerprint density at radius 1 is 1.20 bits per heavy atom. The van der Waals surface area contributed by atoms with Crippen molar-refractivity contribution in [2.45, 2.75) is 24.0 Å². The van der Waals surface area contributed by atoms with Crippen molar-refractivity contribution in [2.75, 3.05) is 38.2 Å². The summed E-state index contributed by atoms with van der Waals surface area (Å²) in [5.41, 5.74) is 2.59. The van der Waals surface area contributed by atoms with Gasteiger partial charge in [-0.1, -0.05) is 17.7 Å². The quantitative estimate of drug-likeness (QED) is 0.719. The molecule has 2 aromatic carbocycles. The van der Waals surface area contributed by atoms with Crippen LogP contribution in [0.2, 0.25) is 5.02 Å². The molecule has 0 saturated carbocycles. The van der Waals surface area contributed by atoms with Gasteiger partial charge in [0, 0.05) is 37.4 Å². The first-order valence-electron chi connectivity index (χ1n) is 9.67. The standard InChI is InChI=1S/C21H23ClN2O5S/c1-13-7-14(9-19(25)28-2)8-18-20(13)29-21-15(12-30(18,26)27)10-16(11-17(21)22)24-5-3-23-4-6-24/h7-8,10-11,23H,3-6,9,12H2,1-2H3. The number of nitrogens with zero attached hydrogens (tertiary/aromatic N) is 1. The van der Waals surface area contributed by atoms with E-state index in [2.05, 4.69) is 10.2 Å². The molecule has 7 nitrogen and oxygen atoms in total. The summed E-state index contributed by atoms with van der Waals surface area (Å²) >= 11 is 6.55. The number of benzene rings is 2. The first-order valence-corrected chi connectivity index (χ1v) is 11.7. The summed E-state index contributed by atoms with van der Waals surface area (Å²) in [5, 5.41) is 3.67. The Morgan fingerprint density at radius 2 is 1.93 bits per heavy atom. The fourth-order valence-electron chi connectivity index (χ4n) is 3.86. The Hall–Kier alpha value is -2.29. The number of nitrogens with one attached hydrogen (secondary N) is 1. The molecule has 0 radical (unpaired) electrons. The van der Waals surface area contributed by atoms with Crippen molar-refractivity contribution in [3.05, 3.63) is 46.0 Å². The number of hydrogen-bond acceptors (Lipinski definition) is 7. The Bertz CT molecular complexity index is 1110. The summed E-state index contributed by atoms with van der Waals surface area (Å²) in [5.74, 6) is -0.0509. The Morgan fingerprint density at radius 3 is 2.63 bits per heavy atom. The van der Waals surface area contributed by atoms with Crippen molar-refractivity contribution in [1.82, 2.24) is 5.32 Å². The molecule has 160 valence electrons. The SMILES string of the molecule is COC(=O)Cc1cc(C)c2c(c1)S(=O)(=O)Cc1cc(N3CCNCC3)cc(Cl)c1O2. The van der Waals surface area contributed by atoms with Crippen LogP contribution in [0.4, 0.5) is 5.69 Å². The van der Waals surface area contributed by atoms with Crippen LogP contribution in [-0.2, 0) is 31.5 Å². The molecule has 30 heavy (non-hydrogen) atoms. The molecule has 2 aromatic rings. The number of esters is 1.